The molecule has 0 heterocycles. The van der Waals surface area contributed by atoms with Gasteiger partial charge in [-0.1, -0.05) is 20.3 Å². The summed E-state index contributed by atoms with van der Waals surface area (Å²) in [5.41, 5.74) is 0.350. The third-order valence-electron chi connectivity index (χ3n) is 4.33. The highest BCUT2D eigenvalue weighted by molar-refractivity contribution is 5.89. The first-order chi connectivity index (χ1) is 11.9. The van der Waals surface area contributed by atoms with Gasteiger partial charge in [-0.05, 0) is 43.5 Å². The predicted octanol–water partition coefficient (Wildman–Crippen LogP) is 3.07. The highest BCUT2D eigenvalue weighted by Crippen LogP contribution is 2.32. The van der Waals surface area contributed by atoms with Crippen LogP contribution in [0.15, 0.2) is 24.3 Å². The molecule has 138 valence electrons. The molecule has 1 aromatic rings. The second-order valence-electron chi connectivity index (χ2n) is 6.64. The maximum atomic E-state index is 12.4. The molecular weight excluding hydrogens is 324 g/mol. The molecule has 6 heteroatoms. The van der Waals surface area contributed by atoms with Crippen LogP contribution in [0.25, 0.3) is 0 Å². The monoisotopic (exact) mass is 350 g/mol. The van der Waals surface area contributed by atoms with Crippen molar-refractivity contribution in [3.05, 3.63) is 29.8 Å². The molecule has 1 saturated carbocycles. The van der Waals surface area contributed by atoms with Gasteiger partial charge in [-0.2, -0.15) is 0 Å². The molecule has 25 heavy (non-hydrogen) atoms. The van der Waals surface area contributed by atoms with Crippen molar-refractivity contribution in [2.24, 2.45) is 5.92 Å². The summed E-state index contributed by atoms with van der Waals surface area (Å²) in [6, 6.07) is 6.51. The fraction of sp³-hybridized carbons (Fsp3) is 0.579. The number of carbonyl (C=O) groups excluding carboxylic acids is 2. The molecule has 0 amide bonds. The lowest BCUT2D eigenvalue weighted by molar-refractivity contribution is -0.251. The average Bonchev–Trinajstić information content (AvgIpc) is 2.76. The van der Waals surface area contributed by atoms with E-state index in [9.17, 15) is 14.7 Å². The van der Waals surface area contributed by atoms with Gasteiger partial charge in [0.1, 0.15) is 5.75 Å². The van der Waals surface area contributed by atoms with Crippen LogP contribution in [0.4, 0.5) is 0 Å². The quantitative estimate of drug-likeness (QED) is 0.499. The first-order valence-electron chi connectivity index (χ1n) is 8.66. The lowest BCUT2D eigenvalue weighted by Gasteiger charge is -2.34. The van der Waals surface area contributed by atoms with E-state index in [0.717, 1.165) is 12.8 Å². The Morgan fingerprint density at radius 2 is 1.84 bits per heavy atom. The van der Waals surface area contributed by atoms with Crippen LogP contribution in [0.3, 0.4) is 0 Å². The summed E-state index contributed by atoms with van der Waals surface area (Å²) in [6.07, 6.45) is 2.21. The normalized spacial score (nSPS) is 23.6. The molecule has 1 aliphatic rings. The van der Waals surface area contributed by atoms with Gasteiger partial charge in [0, 0.05) is 6.42 Å². The molecule has 0 radical (unpaired) electrons. The number of hydrogen-bond donors (Lipinski definition) is 1. The molecule has 0 unspecified atom stereocenters. The van der Waals surface area contributed by atoms with Crippen molar-refractivity contribution in [3.63, 3.8) is 0 Å². The van der Waals surface area contributed by atoms with Crippen LogP contribution in [0.2, 0.25) is 0 Å². The number of aliphatic hydroxyl groups is 1. The van der Waals surface area contributed by atoms with Crippen LogP contribution in [0.5, 0.6) is 5.75 Å². The Morgan fingerprint density at radius 3 is 2.44 bits per heavy atom. The lowest BCUT2D eigenvalue weighted by atomic mass is 10.0. The number of ether oxygens (including phenoxy) is 3. The number of benzene rings is 1. The summed E-state index contributed by atoms with van der Waals surface area (Å²) in [5, 5.41) is 10.9. The van der Waals surface area contributed by atoms with E-state index in [0.29, 0.717) is 24.2 Å². The molecule has 1 N–H and O–H groups in total. The maximum Gasteiger partial charge on any atom is 0.338 e. The Kier molecular flexibility index (Phi) is 6.42. The van der Waals surface area contributed by atoms with Gasteiger partial charge in [-0.3, -0.25) is 4.79 Å². The molecule has 0 aliphatic heterocycles. The van der Waals surface area contributed by atoms with Crippen molar-refractivity contribution in [2.75, 3.05) is 7.11 Å². The van der Waals surface area contributed by atoms with Gasteiger partial charge in [-0.25, -0.2) is 4.79 Å². The third-order valence-corrected chi connectivity index (χ3v) is 4.33. The Bertz CT molecular complexity index is 594. The standard InChI is InChI=1S/C19H26O6/c1-13(2)17(20)25-19(22)12-6-4-5-7-16(19)24-18(21)14-8-10-15(23-3)11-9-14/h8-11,13,16,22H,4-7,12H2,1-3H3/t16-,19+/m1/s1. The van der Waals surface area contributed by atoms with E-state index in [4.69, 9.17) is 14.2 Å². The average molecular weight is 350 g/mol. The van der Waals surface area contributed by atoms with Gasteiger partial charge in [0.15, 0.2) is 6.10 Å². The van der Waals surface area contributed by atoms with Gasteiger partial charge in [0.25, 0.3) is 0 Å². The molecule has 1 fully saturated rings. The van der Waals surface area contributed by atoms with Crippen LogP contribution >= 0.6 is 0 Å². The molecule has 2 rings (SSSR count). The summed E-state index contributed by atoms with van der Waals surface area (Å²) >= 11 is 0. The molecule has 1 aromatic carbocycles. The number of rotatable bonds is 5. The van der Waals surface area contributed by atoms with E-state index in [-0.39, 0.29) is 12.3 Å². The number of methoxy groups -OCH3 is 1. The fourth-order valence-electron chi connectivity index (χ4n) is 2.76. The van der Waals surface area contributed by atoms with Gasteiger partial charge in [0.05, 0.1) is 18.6 Å². The van der Waals surface area contributed by atoms with E-state index in [1.807, 2.05) is 0 Å². The predicted molar refractivity (Wildman–Crippen MR) is 91.2 cm³/mol. The van der Waals surface area contributed by atoms with Crippen molar-refractivity contribution in [3.8, 4) is 5.75 Å². The molecular formula is C19H26O6. The maximum absolute atomic E-state index is 12.4. The van der Waals surface area contributed by atoms with E-state index in [1.165, 1.54) is 0 Å². The minimum Gasteiger partial charge on any atom is -0.497 e. The topological polar surface area (TPSA) is 82.1 Å². The second-order valence-corrected chi connectivity index (χ2v) is 6.64. The van der Waals surface area contributed by atoms with E-state index >= 15 is 0 Å². The highest BCUT2D eigenvalue weighted by atomic mass is 16.7. The molecule has 1 aliphatic carbocycles. The minimum atomic E-state index is -1.78. The van der Waals surface area contributed by atoms with Gasteiger partial charge < -0.3 is 19.3 Å². The largest absolute Gasteiger partial charge is 0.497 e. The van der Waals surface area contributed by atoms with Crippen LogP contribution in [0, 0.1) is 5.92 Å². The smallest absolute Gasteiger partial charge is 0.338 e. The van der Waals surface area contributed by atoms with Crippen LogP contribution < -0.4 is 4.74 Å². The summed E-state index contributed by atoms with van der Waals surface area (Å²) in [4.78, 5) is 24.4. The lowest BCUT2D eigenvalue weighted by Crippen LogP contribution is -2.48. The molecule has 2 atom stereocenters. The van der Waals surface area contributed by atoms with E-state index < -0.39 is 23.8 Å². The Labute approximate surface area is 148 Å². The summed E-state index contributed by atoms with van der Waals surface area (Å²) < 4.78 is 15.9. The second kappa shape index (κ2) is 8.34. The van der Waals surface area contributed by atoms with Crippen LogP contribution in [-0.2, 0) is 14.3 Å². The van der Waals surface area contributed by atoms with Gasteiger partial charge >= 0.3 is 11.9 Å². The van der Waals surface area contributed by atoms with Crippen molar-refractivity contribution in [1.82, 2.24) is 0 Å². The van der Waals surface area contributed by atoms with E-state index in [1.54, 1.807) is 45.2 Å². The molecule has 0 spiro atoms. The molecule has 0 saturated heterocycles. The zero-order chi connectivity index (χ0) is 18.4. The summed E-state index contributed by atoms with van der Waals surface area (Å²) in [6.45, 7) is 3.39. The summed E-state index contributed by atoms with van der Waals surface area (Å²) in [7, 11) is 1.54. The number of carbonyl (C=O) groups is 2. The summed E-state index contributed by atoms with van der Waals surface area (Å²) in [5.74, 6) is -2.58. The fourth-order valence-corrected chi connectivity index (χ4v) is 2.76. The first-order valence-corrected chi connectivity index (χ1v) is 8.66. The number of esters is 2. The SMILES string of the molecule is COc1ccc(C(=O)O[C@@H]2CCCCC[C@]2(O)OC(=O)C(C)C)cc1. The van der Waals surface area contributed by atoms with Crippen molar-refractivity contribution >= 4 is 11.9 Å². The van der Waals surface area contributed by atoms with E-state index in [2.05, 4.69) is 0 Å². The Hall–Kier alpha value is -2.08. The Balaban J connectivity index is 2.14. The van der Waals surface area contributed by atoms with Gasteiger partial charge in [-0.15, -0.1) is 0 Å². The Morgan fingerprint density at radius 1 is 1.16 bits per heavy atom. The van der Waals surface area contributed by atoms with Crippen molar-refractivity contribution in [1.29, 1.82) is 0 Å². The zero-order valence-electron chi connectivity index (χ0n) is 15.0. The third kappa shape index (κ3) is 4.95. The first kappa shape index (κ1) is 19.2. The number of hydrogen-bond acceptors (Lipinski definition) is 6. The zero-order valence-corrected chi connectivity index (χ0v) is 15.0. The van der Waals surface area contributed by atoms with Crippen LogP contribution in [0.1, 0.15) is 56.3 Å². The molecule has 0 aromatic heterocycles. The molecule has 0 bridgehead atoms. The van der Waals surface area contributed by atoms with Crippen LogP contribution in [-0.4, -0.2) is 36.0 Å². The molecule has 6 nitrogen and oxygen atoms in total. The van der Waals surface area contributed by atoms with Gasteiger partial charge in [0.2, 0.25) is 5.79 Å². The highest BCUT2D eigenvalue weighted by Gasteiger charge is 2.44. The minimum absolute atomic E-state index is 0.256. The van der Waals surface area contributed by atoms with Crippen molar-refractivity contribution < 1.29 is 28.9 Å². The van der Waals surface area contributed by atoms with Crippen molar-refractivity contribution in [2.45, 2.75) is 57.8 Å².